The van der Waals surface area contributed by atoms with E-state index in [0.717, 1.165) is 36.3 Å². The van der Waals surface area contributed by atoms with E-state index in [1.54, 1.807) is 0 Å². The Hall–Kier alpha value is -3.66. The van der Waals surface area contributed by atoms with Crippen LogP contribution < -0.4 is 31.8 Å². The molecule has 0 radical (unpaired) electrons. The third kappa shape index (κ3) is 18.9. The molecule has 0 aliphatic rings. The van der Waals surface area contributed by atoms with Gasteiger partial charge in [-0.05, 0) is 112 Å². The molecule has 0 heterocycles. The summed E-state index contributed by atoms with van der Waals surface area (Å²) in [6.45, 7) is 20.8. The van der Waals surface area contributed by atoms with Gasteiger partial charge >= 0.3 is 21.1 Å². The Morgan fingerprint density at radius 1 is 0.354 bits per heavy atom. The van der Waals surface area contributed by atoms with Crippen LogP contribution in [0.15, 0.2) is 182 Å². The van der Waals surface area contributed by atoms with Crippen LogP contribution in [0.1, 0.15) is 69.2 Å². The van der Waals surface area contributed by atoms with Crippen LogP contribution in [0, 0.1) is 24.7 Å². The van der Waals surface area contributed by atoms with Crippen molar-refractivity contribution in [2.24, 2.45) is 0 Å². The van der Waals surface area contributed by atoms with Gasteiger partial charge in [0.05, 0.1) is 11.2 Å². The Morgan fingerprint density at radius 3 is 0.631 bits per heavy atom. The zero-order chi connectivity index (χ0) is 46.9. The van der Waals surface area contributed by atoms with Crippen LogP contribution in [0.5, 0.6) is 0 Å². The van der Waals surface area contributed by atoms with Gasteiger partial charge in [-0.2, -0.15) is 0 Å². The van der Waals surface area contributed by atoms with E-state index in [0.29, 0.717) is 0 Å². The summed E-state index contributed by atoms with van der Waals surface area (Å²) in [4.78, 5) is 0. The summed E-state index contributed by atoms with van der Waals surface area (Å²) in [5.41, 5.74) is -0.984. The second kappa shape index (κ2) is 29.9. The molecule has 0 saturated heterocycles. The number of benzene rings is 6. The van der Waals surface area contributed by atoms with Gasteiger partial charge in [-0.25, -0.2) is 0 Å². The molecule has 0 bridgehead atoms. The SMILES string of the molecule is [C-]#CC(C)(C)O[Si](CC)(CC)CC.[C-]#CC(C)(C)O[Si](CC)(CC)CC.[Pt+2].c1ccc(P(c2ccccc2)c2ccccc2)cc1.c1ccc(P(c2ccccc2)c2ccccc2)cc1. The Morgan fingerprint density at radius 2 is 0.508 bits per heavy atom. The number of hydrogen-bond donors (Lipinski definition) is 0. The standard InChI is InChI=1S/2C18H15P.2C11H21OSi.Pt/c2*1-4-10-16(11-5-1)19(17-12-6-2-7-13-17)18-14-8-3-9-15-18;2*1-7-11(5,6)12-13(8-2,9-3)10-4;/h2*1-15H;2*8-10H2,2-6H3;/q;;2*-1;+2. The zero-order valence-electron chi connectivity index (χ0n) is 40.6. The number of rotatable bonds is 16. The molecule has 0 atom stereocenters. The largest absolute Gasteiger partial charge is 2.00 e. The van der Waals surface area contributed by atoms with E-state index >= 15 is 0 Å². The van der Waals surface area contributed by atoms with E-state index < -0.39 is 43.7 Å². The van der Waals surface area contributed by atoms with Crippen molar-refractivity contribution in [1.82, 2.24) is 0 Å². The summed E-state index contributed by atoms with van der Waals surface area (Å²) in [5, 5.41) is 8.39. The fourth-order valence-electron chi connectivity index (χ4n) is 7.42. The molecule has 6 aromatic rings. The van der Waals surface area contributed by atoms with Crippen LogP contribution in [0.2, 0.25) is 36.3 Å². The summed E-state index contributed by atoms with van der Waals surface area (Å²) in [6, 6.07) is 71.4. The maximum atomic E-state index is 7.16. The fraction of sp³-hybridized carbons (Fsp3) is 0.310. The molecular weight excluding hydrogens is 1040 g/mol. The molecule has 2 nitrogen and oxygen atoms in total. The molecule has 0 fully saturated rings. The average molecular weight is 1110 g/mol. The first-order chi connectivity index (χ1) is 30.8. The molecule has 0 saturated carbocycles. The van der Waals surface area contributed by atoms with Gasteiger partial charge in [0.1, 0.15) is 0 Å². The van der Waals surface area contributed by atoms with Gasteiger partial charge in [-0.15, -0.1) is 0 Å². The van der Waals surface area contributed by atoms with Crippen LogP contribution in [-0.4, -0.2) is 27.8 Å². The normalized spacial score (nSPS) is 11.2. The van der Waals surface area contributed by atoms with Crippen molar-refractivity contribution in [3.8, 4) is 11.8 Å². The summed E-state index contributed by atoms with van der Waals surface area (Å²) in [5.74, 6) is 4.92. The third-order valence-electron chi connectivity index (χ3n) is 11.5. The summed E-state index contributed by atoms with van der Waals surface area (Å²) < 4.78 is 12.1. The van der Waals surface area contributed by atoms with E-state index in [9.17, 15) is 0 Å². The first kappa shape index (κ1) is 57.5. The Labute approximate surface area is 414 Å². The molecule has 6 rings (SSSR count). The predicted molar refractivity (Wildman–Crippen MR) is 289 cm³/mol. The molecule has 0 amide bonds. The van der Waals surface area contributed by atoms with E-state index in [-0.39, 0.29) is 21.1 Å². The Bertz CT molecular complexity index is 1860. The minimum atomic E-state index is -1.56. The summed E-state index contributed by atoms with van der Waals surface area (Å²) in [6.07, 6.45) is 14.3. The summed E-state index contributed by atoms with van der Waals surface area (Å²) in [7, 11) is -4.00. The van der Waals surface area contributed by atoms with Crippen molar-refractivity contribution in [2.45, 2.75) is 117 Å². The van der Waals surface area contributed by atoms with Crippen molar-refractivity contribution in [1.29, 1.82) is 0 Å². The fourth-order valence-corrected chi connectivity index (χ4v) is 18.2. The predicted octanol–water partition coefficient (Wildman–Crippen LogP) is 13.6. The molecule has 0 aromatic heterocycles. The van der Waals surface area contributed by atoms with Crippen LogP contribution >= 0.6 is 15.8 Å². The van der Waals surface area contributed by atoms with Crippen molar-refractivity contribution >= 4 is 64.3 Å². The third-order valence-corrected chi connectivity index (χ3v) is 26.0. The Balaban J connectivity index is 0.000000302. The van der Waals surface area contributed by atoms with Crippen LogP contribution in [0.25, 0.3) is 0 Å². The molecular formula is C58H72O2P2PtSi2. The minimum absolute atomic E-state index is 0. The molecule has 6 aromatic carbocycles. The minimum Gasteiger partial charge on any atom is -0.691 e. The smallest absolute Gasteiger partial charge is 0.691 e. The maximum Gasteiger partial charge on any atom is 2.00 e. The first-order valence-electron chi connectivity index (χ1n) is 23.0. The quantitative estimate of drug-likeness (QED) is 0.0416. The zero-order valence-corrected chi connectivity index (χ0v) is 46.7. The monoisotopic (exact) mass is 1110 g/mol. The molecule has 0 aliphatic carbocycles. The molecule has 0 unspecified atom stereocenters. The molecule has 0 spiro atoms. The van der Waals surface area contributed by atoms with Crippen LogP contribution in [-0.2, 0) is 29.9 Å². The molecule has 7 heteroatoms. The topological polar surface area (TPSA) is 18.5 Å². The average Bonchev–Trinajstić information content (AvgIpc) is 3.35. The van der Waals surface area contributed by atoms with Gasteiger partial charge < -0.3 is 33.5 Å². The van der Waals surface area contributed by atoms with Gasteiger partial charge in [0.15, 0.2) is 16.6 Å². The van der Waals surface area contributed by atoms with E-state index in [1.165, 1.54) is 31.8 Å². The van der Waals surface area contributed by atoms with Crippen molar-refractivity contribution < 1.29 is 29.9 Å². The van der Waals surface area contributed by atoms with Crippen molar-refractivity contribution in [2.75, 3.05) is 0 Å². The van der Waals surface area contributed by atoms with E-state index in [4.69, 9.17) is 21.7 Å². The Kier molecular flexibility index (Phi) is 26.4. The van der Waals surface area contributed by atoms with Gasteiger partial charge in [0.2, 0.25) is 0 Å². The molecule has 0 aliphatic heterocycles. The van der Waals surface area contributed by atoms with Gasteiger partial charge in [-0.3, -0.25) is 0 Å². The second-order valence-corrected chi connectivity index (χ2v) is 30.5. The van der Waals surface area contributed by atoms with E-state index in [1.807, 2.05) is 27.7 Å². The van der Waals surface area contributed by atoms with Gasteiger partial charge in [0, 0.05) is 0 Å². The first-order valence-corrected chi connectivity index (χ1v) is 30.7. The molecule has 344 valence electrons. The summed E-state index contributed by atoms with van der Waals surface area (Å²) >= 11 is 0. The second-order valence-electron chi connectivity index (χ2n) is 16.6. The van der Waals surface area contributed by atoms with Crippen LogP contribution in [0.3, 0.4) is 0 Å². The van der Waals surface area contributed by atoms with Crippen molar-refractivity contribution in [3.63, 3.8) is 0 Å². The molecule has 65 heavy (non-hydrogen) atoms. The number of hydrogen-bond acceptors (Lipinski definition) is 2. The van der Waals surface area contributed by atoms with Gasteiger partial charge in [-0.1, -0.05) is 224 Å². The molecule has 0 N–H and O–H groups in total. The van der Waals surface area contributed by atoms with E-state index in [2.05, 4.69) is 235 Å². The van der Waals surface area contributed by atoms with Crippen LogP contribution in [0.4, 0.5) is 0 Å². The van der Waals surface area contributed by atoms with Crippen molar-refractivity contribution in [3.05, 3.63) is 195 Å². The maximum absolute atomic E-state index is 7.16. The van der Waals surface area contributed by atoms with Gasteiger partial charge in [0.25, 0.3) is 0 Å².